The zero-order chi connectivity index (χ0) is 58.3. The Morgan fingerprint density at radius 1 is 0.362 bits per heavy atom. The summed E-state index contributed by atoms with van der Waals surface area (Å²) in [6, 6.07) is 0. The first-order valence-corrected chi connectivity index (χ1v) is 34.3. The monoisotopic (exact) mass is 1140 g/mol. The second-order valence-electron chi connectivity index (χ2n) is 21.9. The SMILES string of the molecule is CC/C=C\C/C=C\C/C=C\C/C=C\CCCCCCC(=O)OCC(COP(=O)(O)OCC(CO)OC(=O)CCCCCCCCC/C=C\C/C=C\CCCCC)OC(=O)CCCCCCCCCCCCCCCCCCCCC. The quantitative estimate of drug-likeness (QED) is 0.0197. The molecule has 0 aliphatic carbocycles. The van der Waals surface area contributed by atoms with Crippen molar-refractivity contribution < 1.29 is 52.2 Å². The maximum Gasteiger partial charge on any atom is 0.472 e. The Bertz CT molecular complexity index is 1620. The van der Waals surface area contributed by atoms with E-state index >= 15 is 0 Å². The molecule has 0 aromatic carbocycles. The number of hydrogen-bond donors (Lipinski definition) is 2. The molecule has 3 unspecified atom stereocenters. The number of carbonyl (C=O) groups is 3. The van der Waals surface area contributed by atoms with Crippen molar-refractivity contribution in [2.24, 2.45) is 0 Å². The molecule has 0 aliphatic heterocycles. The van der Waals surface area contributed by atoms with Gasteiger partial charge < -0.3 is 24.2 Å². The summed E-state index contributed by atoms with van der Waals surface area (Å²) in [7, 11) is -4.76. The zero-order valence-electron chi connectivity index (χ0n) is 51.5. The normalized spacial score (nSPS) is 13.7. The van der Waals surface area contributed by atoms with Gasteiger partial charge in [0.15, 0.2) is 6.10 Å². The number of aliphatic hydroxyl groups excluding tert-OH is 1. The highest BCUT2D eigenvalue weighted by Crippen LogP contribution is 2.43. The summed E-state index contributed by atoms with van der Waals surface area (Å²) in [5.74, 6) is -1.48. The predicted molar refractivity (Wildman–Crippen MR) is 335 cm³/mol. The van der Waals surface area contributed by atoms with Crippen LogP contribution in [0.1, 0.15) is 303 Å². The van der Waals surface area contributed by atoms with Crippen LogP contribution in [0, 0.1) is 0 Å². The molecule has 0 spiro atoms. The average molecular weight is 1150 g/mol. The van der Waals surface area contributed by atoms with Gasteiger partial charge in [-0.3, -0.25) is 23.4 Å². The molecule has 0 aromatic heterocycles. The molecule has 464 valence electrons. The number of aliphatic hydroxyl groups is 1. The highest BCUT2D eigenvalue weighted by Gasteiger charge is 2.28. The lowest BCUT2D eigenvalue weighted by atomic mass is 10.0. The number of phosphoric acid groups is 1. The van der Waals surface area contributed by atoms with Crippen molar-refractivity contribution in [1.82, 2.24) is 0 Å². The maximum atomic E-state index is 13.0. The number of carbonyl (C=O) groups excluding carboxylic acids is 3. The van der Waals surface area contributed by atoms with Crippen molar-refractivity contribution >= 4 is 25.7 Å². The highest BCUT2D eigenvalue weighted by atomic mass is 31.2. The molecular formula is C68H121O11P. The van der Waals surface area contributed by atoms with E-state index in [0.717, 1.165) is 109 Å². The molecule has 0 amide bonds. The Labute approximate surface area is 490 Å². The molecule has 0 aromatic rings. The topological polar surface area (TPSA) is 155 Å². The van der Waals surface area contributed by atoms with E-state index in [1.165, 1.54) is 135 Å². The van der Waals surface area contributed by atoms with Crippen molar-refractivity contribution in [3.8, 4) is 0 Å². The van der Waals surface area contributed by atoms with Gasteiger partial charge in [-0.15, -0.1) is 0 Å². The van der Waals surface area contributed by atoms with Crippen molar-refractivity contribution in [2.45, 2.75) is 315 Å². The number of unbranched alkanes of at least 4 members (excludes halogenated alkanes) is 32. The van der Waals surface area contributed by atoms with Crippen molar-refractivity contribution in [1.29, 1.82) is 0 Å². The number of phosphoric ester groups is 1. The van der Waals surface area contributed by atoms with Gasteiger partial charge in [0.05, 0.1) is 19.8 Å². The van der Waals surface area contributed by atoms with Crippen LogP contribution >= 0.6 is 7.82 Å². The molecule has 0 radical (unpaired) electrons. The third-order valence-electron chi connectivity index (χ3n) is 14.1. The minimum absolute atomic E-state index is 0.164. The third-order valence-corrected chi connectivity index (χ3v) is 15.1. The standard InChI is InChI=1S/C68H121O11P/c1-4-7-10-13-16-19-22-25-28-31-32-35-38-41-44-47-50-53-56-59-68(72)79-65(61-75-66(70)57-54-51-48-45-42-39-36-33-29-26-23-20-17-14-11-8-5-2)63-77-80(73,74)76-62-64(60-69)78-67(71)58-55-52-49-46-43-40-37-34-30-27-24-21-18-15-12-9-6-3/h8,11,17-18,20-21,26-27,29-30,36,39,64-65,69H,4-7,9-10,12-16,19,22-25,28,31-35,37-38,40-63H2,1-3H3,(H,73,74)/b11-8-,20-17-,21-18-,29-26-,30-27-,39-36-. The Morgan fingerprint density at radius 2 is 0.650 bits per heavy atom. The zero-order valence-corrected chi connectivity index (χ0v) is 52.4. The highest BCUT2D eigenvalue weighted by molar-refractivity contribution is 7.47. The Hall–Kier alpha value is -3.08. The third kappa shape index (κ3) is 59.5. The predicted octanol–water partition coefficient (Wildman–Crippen LogP) is 20.0. The maximum absolute atomic E-state index is 13.0. The van der Waals surface area contributed by atoms with E-state index in [9.17, 15) is 28.9 Å². The van der Waals surface area contributed by atoms with Gasteiger partial charge in [0, 0.05) is 19.3 Å². The van der Waals surface area contributed by atoms with Crippen LogP contribution in [0.25, 0.3) is 0 Å². The fourth-order valence-electron chi connectivity index (χ4n) is 9.14. The van der Waals surface area contributed by atoms with Crippen LogP contribution in [0.15, 0.2) is 72.9 Å². The lowest BCUT2D eigenvalue weighted by Crippen LogP contribution is -2.30. The van der Waals surface area contributed by atoms with Crippen molar-refractivity contribution in [2.75, 3.05) is 26.4 Å². The van der Waals surface area contributed by atoms with E-state index in [-0.39, 0.29) is 25.9 Å². The molecule has 0 fully saturated rings. The summed E-state index contributed by atoms with van der Waals surface area (Å²) in [6.07, 6.45) is 71.3. The van der Waals surface area contributed by atoms with Crippen LogP contribution in [0.4, 0.5) is 0 Å². The number of rotatable bonds is 61. The van der Waals surface area contributed by atoms with Gasteiger partial charge in [-0.25, -0.2) is 4.57 Å². The van der Waals surface area contributed by atoms with E-state index in [1.54, 1.807) is 0 Å². The van der Waals surface area contributed by atoms with E-state index in [0.29, 0.717) is 19.3 Å². The minimum atomic E-state index is -4.76. The first-order valence-electron chi connectivity index (χ1n) is 32.8. The molecule has 0 saturated carbocycles. The van der Waals surface area contributed by atoms with Gasteiger partial charge in [-0.2, -0.15) is 0 Å². The van der Waals surface area contributed by atoms with Crippen molar-refractivity contribution in [3.05, 3.63) is 72.9 Å². The Morgan fingerprint density at radius 3 is 1.02 bits per heavy atom. The van der Waals surface area contributed by atoms with Crippen molar-refractivity contribution in [3.63, 3.8) is 0 Å². The van der Waals surface area contributed by atoms with Gasteiger partial charge in [-0.1, -0.05) is 267 Å². The molecule has 0 aliphatic rings. The second-order valence-corrected chi connectivity index (χ2v) is 23.4. The van der Waals surface area contributed by atoms with Gasteiger partial charge in [0.2, 0.25) is 0 Å². The fourth-order valence-corrected chi connectivity index (χ4v) is 9.93. The van der Waals surface area contributed by atoms with Crippen LogP contribution in [-0.4, -0.2) is 66.5 Å². The van der Waals surface area contributed by atoms with Crippen LogP contribution in [-0.2, 0) is 42.2 Å². The lowest BCUT2D eigenvalue weighted by molar-refractivity contribution is -0.161. The average Bonchev–Trinajstić information content (AvgIpc) is 3.45. The first kappa shape index (κ1) is 76.9. The van der Waals surface area contributed by atoms with E-state index in [2.05, 4.69) is 93.7 Å². The molecule has 0 bridgehead atoms. The molecule has 11 nitrogen and oxygen atoms in total. The summed E-state index contributed by atoms with van der Waals surface area (Å²) in [4.78, 5) is 48.8. The molecular weight excluding hydrogens is 1020 g/mol. The largest absolute Gasteiger partial charge is 0.472 e. The summed E-state index contributed by atoms with van der Waals surface area (Å²) < 4.78 is 39.7. The van der Waals surface area contributed by atoms with E-state index in [1.807, 2.05) is 0 Å². The molecule has 80 heavy (non-hydrogen) atoms. The molecule has 0 heterocycles. The lowest BCUT2D eigenvalue weighted by Gasteiger charge is -2.21. The molecule has 0 rings (SSSR count). The molecule has 0 saturated heterocycles. The number of ether oxygens (including phenoxy) is 3. The Balaban J connectivity index is 4.71. The summed E-state index contributed by atoms with van der Waals surface area (Å²) in [5, 5.41) is 9.86. The number of allylic oxidation sites excluding steroid dienone is 12. The summed E-state index contributed by atoms with van der Waals surface area (Å²) in [5.41, 5.74) is 0. The van der Waals surface area contributed by atoms with Crippen LogP contribution < -0.4 is 0 Å². The molecule has 12 heteroatoms. The van der Waals surface area contributed by atoms with E-state index in [4.69, 9.17) is 23.3 Å². The Kier molecular flexibility index (Phi) is 59.6. The smallest absolute Gasteiger partial charge is 0.462 e. The van der Waals surface area contributed by atoms with Crippen LogP contribution in [0.3, 0.4) is 0 Å². The first-order chi connectivity index (χ1) is 39.2. The number of esters is 3. The molecule has 3 atom stereocenters. The number of hydrogen-bond acceptors (Lipinski definition) is 10. The van der Waals surface area contributed by atoms with Crippen LogP contribution in [0.2, 0.25) is 0 Å². The van der Waals surface area contributed by atoms with Gasteiger partial charge >= 0.3 is 25.7 Å². The minimum Gasteiger partial charge on any atom is -0.462 e. The fraction of sp³-hybridized carbons (Fsp3) is 0.779. The van der Waals surface area contributed by atoms with Crippen LogP contribution in [0.5, 0.6) is 0 Å². The van der Waals surface area contributed by atoms with Gasteiger partial charge in [0.1, 0.15) is 12.7 Å². The van der Waals surface area contributed by atoms with E-state index < -0.39 is 57.8 Å². The molecule has 2 N–H and O–H groups in total. The second kappa shape index (κ2) is 62.0. The van der Waals surface area contributed by atoms with Gasteiger partial charge in [-0.05, 0) is 89.9 Å². The summed E-state index contributed by atoms with van der Waals surface area (Å²) >= 11 is 0. The van der Waals surface area contributed by atoms with Gasteiger partial charge in [0.25, 0.3) is 0 Å². The summed E-state index contributed by atoms with van der Waals surface area (Å²) in [6.45, 7) is 4.53.